The van der Waals surface area contributed by atoms with Crippen molar-refractivity contribution in [1.82, 2.24) is 0 Å². The monoisotopic (exact) mass is 170 g/mol. The molecule has 64 valence electrons. The number of allylic oxidation sites excluding steroid dienone is 2. The molecule has 0 saturated heterocycles. The SMILES string of the molecule is [2H]C([2H])([2H])C(C#N)(C1=C[NH+](N)CC=C1)C([2H])([2H])[2H]. The van der Waals surface area contributed by atoms with Gasteiger partial charge in [-0.2, -0.15) is 11.1 Å². The van der Waals surface area contributed by atoms with E-state index in [0.29, 0.717) is 11.6 Å². The average molecular weight is 170 g/mol. The number of nitrogens with zero attached hydrogens (tertiary/aromatic N) is 1. The standard InChI is InChI=1S/C9H13N3/c1-9(2,7-10)8-4-3-5-12(11)6-8/h3-4,6H,5,11H2,1-2H3/p+1/i1D3,2D3. The number of quaternary nitrogens is 1. The van der Waals surface area contributed by atoms with Gasteiger partial charge in [-0.25, -0.2) is 5.01 Å². The highest BCUT2D eigenvalue weighted by molar-refractivity contribution is 5.30. The lowest BCUT2D eigenvalue weighted by atomic mass is 9.85. The van der Waals surface area contributed by atoms with E-state index in [1.54, 1.807) is 6.08 Å². The normalized spacial score (nSPS) is 32.7. The molecule has 3 heteroatoms. The van der Waals surface area contributed by atoms with Crippen LogP contribution in [0.2, 0.25) is 0 Å². The van der Waals surface area contributed by atoms with E-state index in [4.69, 9.17) is 14.1 Å². The second kappa shape index (κ2) is 3.10. The van der Waals surface area contributed by atoms with Gasteiger partial charge in [0.15, 0.2) is 0 Å². The van der Waals surface area contributed by atoms with Crippen LogP contribution in [0.3, 0.4) is 0 Å². The van der Waals surface area contributed by atoms with E-state index in [0.717, 1.165) is 0 Å². The molecular formula is C9H14N3+. The van der Waals surface area contributed by atoms with Gasteiger partial charge in [0.05, 0.1) is 11.5 Å². The summed E-state index contributed by atoms with van der Waals surface area (Å²) in [5.41, 5.74) is -2.64. The molecule has 0 aliphatic carbocycles. The van der Waals surface area contributed by atoms with Crippen molar-refractivity contribution in [1.29, 1.82) is 5.26 Å². The van der Waals surface area contributed by atoms with Crippen molar-refractivity contribution >= 4 is 0 Å². The fourth-order valence-corrected chi connectivity index (χ4v) is 0.927. The third-order valence-electron chi connectivity index (χ3n) is 1.59. The summed E-state index contributed by atoms with van der Waals surface area (Å²) in [6.07, 6.45) is 4.16. The predicted octanol–water partition coefficient (Wildman–Crippen LogP) is -0.252. The van der Waals surface area contributed by atoms with Crippen LogP contribution in [0, 0.1) is 16.7 Å². The lowest BCUT2D eigenvalue weighted by Crippen LogP contribution is -3.13. The van der Waals surface area contributed by atoms with E-state index in [-0.39, 0.29) is 5.57 Å². The molecule has 0 bridgehead atoms. The first kappa shape index (κ1) is 3.73. The quantitative estimate of drug-likeness (QED) is 0.533. The van der Waals surface area contributed by atoms with Crippen LogP contribution in [-0.2, 0) is 0 Å². The van der Waals surface area contributed by atoms with E-state index < -0.39 is 19.1 Å². The number of rotatable bonds is 1. The first-order valence-corrected chi connectivity index (χ1v) is 3.47. The minimum Gasteiger partial charge on any atom is -0.230 e. The van der Waals surface area contributed by atoms with Gasteiger partial charge in [0, 0.05) is 13.8 Å². The Balaban J connectivity index is 3.49. The Labute approximate surface area is 81.2 Å². The third-order valence-corrected chi connectivity index (χ3v) is 1.59. The number of nitriles is 1. The van der Waals surface area contributed by atoms with Gasteiger partial charge >= 0.3 is 0 Å². The van der Waals surface area contributed by atoms with Gasteiger partial charge in [0.2, 0.25) is 0 Å². The molecule has 0 saturated carbocycles. The van der Waals surface area contributed by atoms with Crippen molar-refractivity contribution in [3.05, 3.63) is 23.9 Å². The zero-order valence-corrected chi connectivity index (χ0v) is 6.46. The molecule has 0 fully saturated rings. The third kappa shape index (κ3) is 1.73. The van der Waals surface area contributed by atoms with Crippen LogP contribution in [0.25, 0.3) is 0 Å². The van der Waals surface area contributed by atoms with Crippen LogP contribution in [0.15, 0.2) is 23.9 Å². The van der Waals surface area contributed by atoms with Crippen LogP contribution in [0.4, 0.5) is 0 Å². The summed E-state index contributed by atoms with van der Waals surface area (Å²) in [6, 6.07) is 1.47. The lowest BCUT2D eigenvalue weighted by molar-refractivity contribution is -0.854. The Kier molecular flexibility index (Phi) is 0.963. The molecule has 0 amide bonds. The van der Waals surface area contributed by atoms with E-state index in [1.165, 1.54) is 18.3 Å². The zero-order valence-electron chi connectivity index (χ0n) is 12.5. The maximum atomic E-state index is 9.19. The van der Waals surface area contributed by atoms with Gasteiger partial charge in [-0.3, -0.25) is 0 Å². The molecule has 1 unspecified atom stereocenters. The molecule has 0 aromatic heterocycles. The summed E-state index contributed by atoms with van der Waals surface area (Å²) in [5.74, 6) is 5.58. The van der Waals surface area contributed by atoms with Crippen LogP contribution in [0.1, 0.15) is 21.9 Å². The van der Waals surface area contributed by atoms with Gasteiger partial charge in [-0.05, 0) is 19.8 Å². The lowest BCUT2D eigenvalue weighted by Gasteiger charge is -2.20. The summed E-state index contributed by atoms with van der Waals surface area (Å²) in [7, 11) is 0. The first-order chi connectivity index (χ1) is 8.06. The van der Waals surface area contributed by atoms with Gasteiger partial charge in [-0.15, -0.1) is 0 Å². The van der Waals surface area contributed by atoms with Gasteiger partial charge in [0.25, 0.3) is 0 Å². The van der Waals surface area contributed by atoms with Gasteiger partial charge in [0.1, 0.15) is 12.7 Å². The van der Waals surface area contributed by atoms with Crippen LogP contribution >= 0.6 is 0 Å². The highest BCUT2D eigenvalue weighted by Crippen LogP contribution is 2.25. The molecule has 1 atom stereocenters. The molecular weight excluding hydrogens is 150 g/mol. The fourth-order valence-electron chi connectivity index (χ4n) is 0.927. The predicted molar refractivity (Wildman–Crippen MR) is 46.6 cm³/mol. The number of hydrogen-bond acceptors (Lipinski definition) is 2. The first-order valence-electron chi connectivity index (χ1n) is 6.47. The molecule has 0 spiro atoms. The minimum atomic E-state index is -2.97. The molecule has 1 heterocycles. The van der Waals surface area contributed by atoms with Gasteiger partial charge in [-0.1, -0.05) is 6.08 Å². The zero-order chi connectivity index (χ0) is 14.2. The number of nitrogens with two attached hydrogens (primary N) is 1. The molecule has 1 rings (SSSR count). The van der Waals surface area contributed by atoms with Crippen molar-refractivity contribution < 1.29 is 13.2 Å². The molecule has 3 nitrogen and oxygen atoms in total. The van der Waals surface area contributed by atoms with E-state index in [9.17, 15) is 5.26 Å². The molecule has 1 aliphatic heterocycles. The van der Waals surface area contributed by atoms with Gasteiger partial charge < -0.3 is 0 Å². The second-order valence-electron chi connectivity index (χ2n) is 2.64. The van der Waals surface area contributed by atoms with E-state index >= 15 is 0 Å². The number of hydrogen-bond donors (Lipinski definition) is 2. The fraction of sp³-hybridized carbons (Fsp3) is 0.444. The highest BCUT2D eigenvalue weighted by Gasteiger charge is 2.24. The Bertz CT molecular complexity index is 411. The minimum absolute atomic E-state index is 0.0891. The molecule has 12 heavy (non-hydrogen) atoms. The summed E-state index contributed by atoms with van der Waals surface area (Å²) in [5, 5.41) is 9.53. The Morgan fingerprint density at radius 2 is 2.58 bits per heavy atom. The molecule has 0 aromatic rings. The van der Waals surface area contributed by atoms with Crippen molar-refractivity contribution in [2.24, 2.45) is 11.3 Å². The molecule has 3 N–H and O–H groups in total. The highest BCUT2D eigenvalue weighted by atomic mass is 15.4. The summed E-state index contributed by atoms with van der Waals surface area (Å²) in [4.78, 5) is 0. The van der Waals surface area contributed by atoms with E-state index in [1.807, 2.05) is 0 Å². The Hall–Kier alpha value is -1.11. The molecule has 0 aromatic carbocycles. The van der Waals surface area contributed by atoms with Crippen LogP contribution < -0.4 is 10.9 Å². The van der Waals surface area contributed by atoms with Crippen molar-refractivity contribution in [3.8, 4) is 6.07 Å². The maximum absolute atomic E-state index is 9.19. The summed E-state index contributed by atoms with van der Waals surface area (Å²) >= 11 is 0. The topological polar surface area (TPSA) is 54.2 Å². The van der Waals surface area contributed by atoms with Crippen LogP contribution in [-0.4, -0.2) is 6.54 Å². The Morgan fingerprint density at radius 3 is 3.08 bits per heavy atom. The Morgan fingerprint density at radius 1 is 1.83 bits per heavy atom. The maximum Gasteiger partial charge on any atom is 0.118 e. The largest absolute Gasteiger partial charge is 0.230 e. The van der Waals surface area contributed by atoms with Crippen LogP contribution in [0.5, 0.6) is 0 Å². The number of nitrogens with one attached hydrogen (secondary N) is 1. The van der Waals surface area contributed by atoms with E-state index in [2.05, 4.69) is 0 Å². The summed E-state index contributed by atoms with van der Waals surface area (Å²) in [6.45, 7) is -5.53. The van der Waals surface area contributed by atoms with Crippen molar-refractivity contribution in [3.63, 3.8) is 0 Å². The average Bonchev–Trinajstić information content (AvgIpc) is 2.14. The molecule has 0 radical (unpaired) electrons. The smallest absolute Gasteiger partial charge is 0.118 e. The van der Waals surface area contributed by atoms with Crippen molar-refractivity contribution in [2.75, 3.05) is 6.54 Å². The molecule has 1 aliphatic rings. The summed E-state index contributed by atoms with van der Waals surface area (Å²) < 4.78 is 44.5. The van der Waals surface area contributed by atoms with Crippen molar-refractivity contribution in [2.45, 2.75) is 13.7 Å². The second-order valence-corrected chi connectivity index (χ2v) is 2.64.